The van der Waals surface area contributed by atoms with Gasteiger partial charge in [0.25, 0.3) is 0 Å². The molecule has 0 radical (unpaired) electrons. The summed E-state index contributed by atoms with van der Waals surface area (Å²) in [4.78, 5) is 6.58. The van der Waals surface area contributed by atoms with Gasteiger partial charge >= 0.3 is 6.18 Å². The van der Waals surface area contributed by atoms with E-state index in [0.29, 0.717) is 0 Å². The summed E-state index contributed by atoms with van der Waals surface area (Å²) in [5, 5.41) is 18.0. The molecule has 7 heteroatoms. The third-order valence-corrected chi connectivity index (χ3v) is 2.21. The highest BCUT2D eigenvalue weighted by Gasteiger charge is 2.36. The van der Waals surface area contributed by atoms with Crippen LogP contribution in [0.3, 0.4) is 0 Å². The molecule has 4 nitrogen and oxygen atoms in total. The van der Waals surface area contributed by atoms with Gasteiger partial charge in [-0.25, -0.2) is 9.97 Å². The smallest absolute Gasteiger partial charge is 0.434 e. The molecule has 0 spiro atoms. The first-order valence-electron chi connectivity index (χ1n) is 4.80. The van der Waals surface area contributed by atoms with E-state index < -0.39 is 17.8 Å². The fourth-order valence-corrected chi connectivity index (χ4v) is 1.44. The van der Waals surface area contributed by atoms with E-state index >= 15 is 0 Å². The molecule has 0 atom stereocenters. The van der Waals surface area contributed by atoms with Gasteiger partial charge in [0.1, 0.15) is 0 Å². The van der Waals surface area contributed by atoms with Crippen molar-refractivity contribution in [3.8, 4) is 22.9 Å². The molecule has 0 unspecified atom stereocenters. The highest BCUT2D eigenvalue weighted by Crippen LogP contribution is 2.36. The van der Waals surface area contributed by atoms with Gasteiger partial charge in [0.15, 0.2) is 5.69 Å². The third kappa shape index (κ3) is 2.34. The van der Waals surface area contributed by atoms with Crippen molar-refractivity contribution in [3.63, 3.8) is 0 Å². The van der Waals surface area contributed by atoms with Crippen molar-refractivity contribution in [1.29, 1.82) is 0 Å². The van der Waals surface area contributed by atoms with Gasteiger partial charge in [-0.1, -0.05) is 0 Å². The largest absolute Gasteiger partial charge is 0.493 e. The summed E-state index contributed by atoms with van der Waals surface area (Å²) in [5.41, 5.74) is -1.27. The average Bonchev–Trinajstić information content (AvgIpc) is 2.29. The van der Waals surface area contributed by atoms with Crippen LogP contribution in [0.5, 0.6) is 11.8 Å². The second-order valence-corrected chi connectivity index (χ2v) is 3.47. The molecule has 2 N–H and O–H groups in total. The maximum atomic E-state index is 12.7. The van der Waals surface area contributed by atoms with Crippen molar-refractivity contribution < 1.29 is 23.4 Å². The van der Waals surface area contributed by atoms with E-state index in [0.717, 1.165) is 18.3 Å². The lowest BCUT2D eigenvalue weighted by molar-refractivity contribution is -0.140. The standard InChI is InChI=1S/C11H7F3N2O2/c12-11(13,14)10-7(2-4-9(18)16-10)6-1-3-8(17)15-5-6/h1-5H,(H,15,17)(H,16,18). The molecule has 2 aromatic heterocycles. The molecule has 0 fully saturated rings. The highest BCUT2D eigenvalue weighted by molar-refractivity contribution is 5.66. The SMILES string of the molecule is Oc1ccc(-c2ccc(O)nc2C(F)(F)F)cn1. The van der Waals surface area contributed by atoms with E-state index in [-0.39, 0.29) is 17.0 Å². The zero-order valence-corrected chi connectivity index (χ0v) is 8.81. The van der Waals surface area contributed by atoms with Crippen molar-refractivity contribution in [2.75, 3.05) is 0 Å². The lowest BCUT2D eigenvalue weighted by Crippen LogP contribution is -2.10. The lowest BCUT2D eigenvalue weighted by Gasteiger charge is -2.11. The number of nitrogens with zero attached hydrogens (tertiary/aromatic N) is 2. The van der Waals surface area contributed by atoms with Crippen LogP contribution in [-0.2, 0) is 6.18 Å². The molecule has 94 valence electrons. The third-order valence-electron chi connectivity index (χ3n) is 2.21. The first-order chi connectivity index (χ1) is 8.38. The molecular weight excluding hydrogens is 249 g/mol. The number of aromatic nitrogens is 2. The molecule has 2 rings (SSSR count). The topological polar surface area (TPSA) is 66.2 Å². The number of alkyl halides is 3. The van der Waals surface area contributed by atoms with Crippen LogP contribution < -0.4 is 0 Å². The predicted molar refractivity (Wildman–Crippen MR) is 55.8 cm³/mol. The Morgan fingerprint density at radius 3 is 2.17 bits per heavy atom. The second kappa shape index (κ2) is 4.17. The Bertz CT molecular complexity index is 567. The minimum atomic E-state index is -4.69. The summed E-state index contributed by atoms with van der Waals surface area (Å²) in [6.07, 6.45) is -3.59. The maximum Gasteiger partial charge on any atom is 0.434 e. The number of hydrogen-bond donors (Lipinski definition) is 2. The van der Waals surface area contributed by atoms with E-state index in [4.69, 9.17) is 10.2 Å². The van der Waals surface area contributed by atoms with Crippen molar-refractivity contribution in [1.82, 2.24) is 9.97 Å². The molecular formula is C11H7F3N2O2. The van der Waals surface area contributed by atoms with Crippen LogP contribution in [0.25, 0.3) is 11.1 Å². The Kier molecular flexibility index (Phi) is 2.82. The first-order valence-corrected chi connectivity index (χ1v) is 4.80. The quantitative estimate of drug-likeness (QED) is 0.822. The summed E-state index contributed by atoms with van der Waals surface area (Å²) in [6, 6.07) is 4.60. The van der Waals surface area contributed by atoms with Gasteiger partial charge < -0.3 is 10.2 Å². The van der Waals surface area contributed by atoms with Gasteiger partial charge in [-0.3, -0.25) is 0 Å². The van der Waals surface area contributed by atoms with Crippen molar-refractivity contribution in [2.24, 2.45) is 0 Å². The number of rotatable bonds is 1. The summed E-state index contributed by atoms with van der Waals surface area (Å²) in [7, 11) is 0. The van der Waals surface area contributed by atoms with Crippen LogP contribution in [0.15, 0.2) is 30.5 Å². The molecule has 0 aliphatic heterocycles. The Morgan fingerprint density at radius 2 is 1.61 bits per heavy atom. The minimum absolute atomic E-state index is 0.146. The number of aromatic hydroxyl groups is 2. The Balaban J connectivity index is 2.60. The summed E-state index contributed by atoms with van der Waals surface area (Å²) in [6.45, 7) is 0. The van der Waals surface area contributed by atoms with Crippen LogP contribution >= 0.6 is 0 Å². The highest BCUT2D eigenvalue weighted by atomic mass is 19.4. The molecule has 0 aromatic carbocycles. The van der Waals surface area contributed by atoms with Crippen molar-refractivity contribution in [2.45, 2.75) is 6.18 Å². The van der Waals surface area contributed by atoms with Crippen molar-refractivity contribution >= 4 is 0 Å². The van der Waals surface area contributed by atoms with Crippen LogP contribution in [0.1, 0.15) is 5.69 Å². The Labute approximate surface area is 99.4 Å². The van der Waals surface area contributed by atoms with Gasteiger partial charge in [0.05, 0.1) is 0 Å². The molecule has 0 aliphatic carbocycles. The zero-order valence-electron chi connectivity index (χ0n) is 8.81. The second-order valence-electron chi connectivity index (χ2n) is 3.47. The molecule has 18 heavy (non-hydrogen) atoms. The molecule has 0 amide bonds. The van der Waals surface area contributed by atoms with E-state index in [1.807, 2.05) is 0 Å². The fourth-order valence-electron chi connectivity index (χ4n) is 1.44. The summed E-state index contributed by atoms with van der Waals surface area (Å²) >= 11 is 0. The minimum Gasteiger partial charge on any atom is -0.493 e. The van der Waals surface area contributed by atoms with Crippen LogP contribution in [0.2, 0.25) is 0 Å². The maximum absolute atomic E-state index is 12.7. The normalized spacial score (nSPS) is 11.5. The monoisotopic (exact) mass is 256 g/mol. The first kappa shape index (κ1) is 12.2. The van der Waals surface area contributed by atoms with Gasteiger partial charge in [-0.15, -0.1) is 0 Å². The van der Waals surface area contributed by atoms with Gasteiger partial charge in [-0.2, -0.15) is 13.2 Å². The Morgan fingerprint density at radius 1 is 0.944 bits per heavy atom. The van der Waals surface area contributed by atoms with Crippen LogP contribution in [0.4, 0.5) is 13.2 Å². The number of hydrogen-bond acceptors (Lipinski definition) is 4. The van der Waals surface area contributed by atoms with E-state index in [2.05, 4.69) is 9.97 Å². The molecule has 2 heterocycles. The average molecular weight is 256 g/mol. The van der Waals surface area contributed by atoms with Gasteiger partial charge in [-0.05, 0) is 12.1 Å². The zero-order chi connectivity index (χ0) is 13.3. The van der Waals surface area contributed by atoms with Crippen molar-refractivity contribution in [3.05, 3.63) is 36.2 Å². The molecule has 2 aromatic rings. The molecule has 0 saturated heterocycles. The Hall–Kier alpha value is -2.31. The number of halogens is 3. The van der Waals surface area contributed by atoms with E-state index in [1.54, 1.807) is 0 Å². The van der Waals surface area contributed by atoms with Gasteiger partial charge in [0.2, 0.25) is 11.8 Å². The predicted octanol–water partition coefficient (Wildman–Crippen LogP) is 2.57. The fraction of sp³-hybridized carbons (Fsp3) is 0.0909. The summed E-state index contributed by atoms with van der Waals surface area (Å²) in [5.74, 6) is -1.00. The lowest BCUT2D eigenvalue weighted by atomic mass is 10.1. The van der Waals surface area contributed by atoms with E-state index in [9.17, 15) is 13.2 Å². The number of pyridine rings is 2. The molecule has 0 saturated carbocycles. The molecule has 0 bridgehead atoms. The van der Waals surface area contributed by atoms with E-state index in [1.165, 1.54) is 12.1 Å². The summed E-state index contributed by atoms with van der Waals surface area (Å²) < 4.78 is 38.2. The van der Waals surface area contributed by atoms with Crippen LogP contribution in [-0.4, -0.2) is 20.2 Å². The van der Waals surface area contributed by atoms with Crippen LogP contribution in [0, 0.1) is 0 Å². The molecule has 0 aliphatic rings. The van der Waals surface area contributed by atoms with Gasteiger partial charge in [0, 0.05) is 29.5 Å².